The van der Waals surface area contributed by atoms with Crippen molar-refractivity contribution in [3.8, 4) is 0 Å². The molecule has 9 nitrogen and oxygen atoms in total. The lowest BCUT2D eigenvalue weighted by molar-refractivity contribution is -0.141. The van der Waals surface area contributed by atoms with Crippen molar-refractivity contribution in [1.82, 2.24) is 15.5 Å². The van der Waals surface area contributed by atoms with Gasteiger partial charge in [0.1, 0.15) is 11.6 Å². The summed E-state index contributed by atoms with van der Waals surface area (Å²) in [7, 11) is 1.48. The molecule has 3 N–H and O–H groups in total. The van der Waals surface area contributed by atoms with Crippen molar-refractivity contribution < 1.29 is 29.0 Å². The van der Waals surface area contributed by atoms with E-state index in [1.165, 1.54) is 24.1 Å². The molecule has 2 aliphatic rings. The minimum Gasteiger partial charge on any atom is -0.480 e. The number of carboxylic acids is 1. The summed E-state index contributed by atoms with van der Waals surface area (Å²) in [6, 6.07) is 4.64. The van der Waals surface area contributed by atoms with E-state index >= 15 is 0 Å². The average Bonchev–Trinajstić information content (AvgIpc) is 3.16. The Morgan fingerprint density at radius 2 is 1.92 bits per heavy atom. The van der Waals surface area contributed by atoms with Crippen LogP contribution < -0.4 is 10.6 Å². The minimum absolute atomic E-state index is 0.199. The maximum Gasteiger partial charge on any atom is 0.326 e. The number of urea groups is 1. The molecule has 0 bridgehead atoms. The lowest BCUT2D eigenvalue weighted by Gasteiger charge is -2.23. The number of nitrogens with one attached hydrogen (secondary N) is 2. The van der Waals surface area contributed by atoms with E-state index in [1.54, 1.807) is 19.1 Å². The summed E-state index contributed by atoms with van der Waals surface area (Å²) in [5.74, 6) is -1.98. The second kappa shape index (κ2) is 6.41. The molecule has 0 spiro atoms. The summed E-state index contributed by atoms with van der Waals surface area (Å²) in [6.07, 6.45) is -0.0874. The molecular formula is C17H19N3O6. The van der Waals surface area contributed by atoms with Crippen molar-refractivity contribution in [2.75, 3.05) is 13.7 Å². The number of carbonyl (C=O) groups is 4. The molecule has 3 atom stereocenters. The van der Waals surface area contributed by atoms with Gasteiger partial charge in [0, 0.05) is 25.6 Å². The number of carbonyl (C=O) groups excluding carboxylic acids is 3. The van der Waals surface area contributed by atoms with Gasteiger partial charge in [-0.25, -0.2) is 9.59 Å². The summed E-state index contributed by atoms with van der Waals surface area (Å²) in [5.41, 5.74) is -0.398. The third kappa shape index (κ3) is 2.90. The van der Waals surface area contributed by atoms with E-state index in [9.17, 15) is 24.3 Å². The van der Waals surface area contributed by atoms with Crippen LogP contribution in [0.25, 0.3) is 0 Å². The number of hydrogen-bond acceptors (Lipinski definition) is 5. The molecule has 1 aromatic carbocycles. The molecule has 3 rings (SSSR count). The van der Waals surface area contributed by atoms with Gasteiger partial charge in [-0.3, -0.25) is 14.9 Å². The van der Waals surface area contributed by atoms with Crippen molar-refractivity contribution in [2.24, 2.45) is 0 Å². The molecule has 9 heteroatoms. The van der Waals surface area contributed by atoms with Gasteiger partial charge in [0.25, 0.3) is 11.8 Å². The van der Waals surface area contributed by atoms with E-state index in [0.29, 0.717) is 11.1 Å². The summed E-state index contributed by atoms with van der Waals surface area (Å²) >= 11 is 0. The van der Waals surface area contributed by atoms with Gasteiger partial charge in [-0.1, -0.05) is 12.1 Å². The predicted octanol–water partition coefficient (Wildman–Crippen LogP) is 0.0553. The molecule has 2 aliphatic heterocycles. The van der Waals surface area contributed by atoms with Crippen molar-refractivity contribution in [3.05, 3.63) is 35.4 Å². The Hall–Kier alpha value is -2.94. The van der Waals surface area contributed by atoms with Crippen LogP contribution in [-0.4, -0.2) is 59.6 Å². The lowest BCUT2D eigenvalue weighted by Crippen LogP contribution is -2.41. The quantitative estimate of drug-likeness (QED) is 0.651. The van der Waals surface area contributed by atoms with Crippen LogP contribution in [0.4, 0.5) is 4.79 Å². The Morgan fingerprint density at radius 3 is 2.42 bits per heavy atom. The molecule has 3 unspecified atom stereocenters. The molecule has 0 aromatic heterocycles. The Kier molecular flexibility index (Phi) is 4.41. The molecule has 2 heterocycles. The second-order valence-electron chi connectivity index (χ2n) is 6.52. The van der Waals surface area contributed by atoms with E-state index < -0.39 is 35.4 Å². The first-order valence-electron chi connectivity index (χ1n) is 8.07. The molecule has 2 fully saturated rings. The Balaban J connectivity index is 1.82. The maximum absolute atomic E-state index is 12.7. The second-order valence-corrected chi connectivity index (χ2v) is 6.52. The molecule has 138 valence electrons. The first-order chi connectivity index (χ1) is 12.3. The third-order valence-corrected chi connectivity index (χ3v) is 4.90. The fourth-order valence-electron chi connectivity index (χ4n) is 3.29. The standard InChI is InChI=1S/C17H19N3O6/c1-17(15(24)18-16(25)19-17)10-5-3-9(4-6-10)13(21)20-8-11(26-2)7-12(20)14(22)23/h3-6,11-12H,7-8H2,1-2H3,(H,22,23)(H2,18,19,24,25). The summed E-state index contributed by atoms with van der Waals surface area (Å²) < 4.78 is 5.19. The number of benzene rings is 1. The smallest absolute Gasteiger partial charge is 0.326 e. The number of rotatable bonds is 4. The number of likely N-dealkylation sites (tertiary alicyclic amines) is 1. The van der Waals surface area contributed by atoms with Gasteiger partial charge in [0.15, 0.2) is 0 Å². The number of amides is 4. The summed E-state index contributed by atoms with van der Waals surface area (Å²) in [5, 5.41) is 14.1. The monoisotopic (exact) mass is 361 g/mol. The molecule has 0 saturated carbocycles. The summed E-state index contributed by atoms with van der Waals surface area (Å²) in [4.78, 5) is 48.8. The van der Waals surface area contributed by atoms with Crippen LogP contribution in [0, 0.1) is 0 Å². The van der Waals surface area contributed by atoms with E-state index in [2.05, 4.69) is 10.6 Å². The van der Waals surface area contributed by atoms with Crippen LogP contribution in [0.2, 0.25) is 0 Å². The van der Waals surface area contributed by atoms with Crippen LogP contribution in [0.5, 0.6) is 0 Å². The van der Waals surface area contributed by atoms with Crippen LogP contribution in [0.15, 0.2) is 24.3 Å². The highest BCUT2D eigenvalue weighted by molar-refractivity contribution is 6.07. The maximum atomic E-state index is 12.7. The number of hydrogen-bond donors (Lipinski definition) is 3. The number of imide groups is 1. The number of aliphatic carboxylic acids is 1. The van der Waals surface area contributed by atoms with E-state index in [4.69, 9.17) is 4.74 Å². The predicted molar refractivity (Wildman–Crippen MR) is 88.3 cm³/mol. The van der Waals surface area contributed by atoms with Gasteiger partial charge in [-0.2, -0.15) is 0 Å². The average molecular weight is 361 g/mol. The van der Waals surface area contributed by atoms with Gasteiger partial charge in [-0.15, -0.1) is 0 Å². The fraction of sp³-hybridized carbons (Fsp3) is 0.412. The Labute approximate surface area is 149 Å². The minimum atomic E-state index is -1.21. The number of nitrogens with zero attached hydrogens (tertiary/aromatic N) is 1. The van der Waals surface area contributed by atoms with Crippen molar-refractivity contribution in [3.63, 3.8) is 0 Å². The number of methoxy groups -OCH3 is 1. The van der Waals surface area contributed by atoms with Crippen LogP contribution in [-0.2, 0) is 19.9 Å². The Morgan fingerprint density at radius 1 is 1.27 bits per heavy atom. The zero-order valence-corrected chi connectivity index (χ0v) is 14.3. The zero-order valence-electron chi connectivity index (χ0n) is 14.3. The molecule has 26 heavy (non-hydrogen) atoms. The largest absolute Gasteiger partial charge is 0.480 e. The van der Waals surface area contributed by atoms with E-state index in [-0.39, 0.29) is 19.1 Å². The van der Waals surface area contributed by atoms with E-state index in [0.717, 1.165) is 0 Å². The van der Waals surface area contributed by atoms with Gasteiger partial charge in [0.2, 0.25) is 0 Å². The first-order valence-corrected chi connectivity index (χ1v) is 8.07. The molecule has 0 aliphatic carbocycles. The molecule has 0 radical (unpaired) electrons. The van der Waals surface area contributed by atoms with Gasteiger partial charge < -0.3 is 20.1 Å². The van der Waals surface area contributed by atoms with Crippen molar-refractivity contribution in [2.45, 2.75) is 31.0 Å². The first kappa shape index (κ1) is 17.9. The third-order valence-electron chi connectivity index (χ3n) is 4.90. The molecule has 4 amide bonds. The topological polar surface area (TPSA) is 125 Å². The van der Waals surface area contributed by atoms with Crippen LogP contribution in [0.1, 0.15) is 29.3 Å². The highest BCUT2D eigenvalue weighted by Gasteiger charge is 2.44. The molecule has 2 saturated heterocycles. The van der Waals surface area contributed by atoms with Crippen molar-refractivity contribution >= 4 is 23.8 Å². The highest BCUT2D eigenvalue weighted by Crippen LogP contribution is 2.26. The van der Waals surface area contributed by atoms with Gasteiger partial charge in [-0.05, 0) is 24.6 Å². The number of carboxylic acid groups (broad SMARTS) is 1. The van der Waals surface area contributed by atoms with Gasteiger partial charge in [0.05, 0.1) is 6.10 Å². The highest BCUT2D eigenvalue weighted by atomic mass is 16.5. The lowest BCUT2D eigenvalue weighted by atomic mass is 9.91. The fourth-order valence-corrected chi connectivity index (χ4v) is 3.29. The van der Waals surface area contributed by atoms with Gasteiger partial charge >= 0.3 is 12.0 Å². The summed E-state index contributed by atoms with van der Waals surface area (Å²) in [6.45, 7) is 1.76. The zero-order chi connectivity index (χ0) is 19.1. The number of ether oxygens (including phenoxy) is 1. The normalized spacial score (nSPS) is 28.0. The van der Waals surface area contributed by atoms with E-state index in [1.807, 2.05) is 0 Å². The SMILES string of the molecule is COC1CC(C(=O)O)N(C(=O)c2ccc(C3(C)NC(=O)NC3=O)cc2)C1. The Bertz CT molecular complexity index is 777. The van der Waals surface area contributed by atoms with Crippen molar-refractivity contribution in [1.29, 1.82) is 0 Å². The van der Waals surface area contributed by atoms with Crippen LogP contribution in [0.3, 0.4) is 0 Å². The molecule has 1 aromatic rings. The van der Waals surface area contributed by atoms with Crippen LogP contribution >= 0.6 is 0 Å². The molecular weight excluding hydrogens is 342 g/mol.